The van der Waals surface area contributed by atoms with Crippen LogP contribution in [0, 0.1) is 0 Å². The molecular weight excluding hydrogens is 478 g/mol. The molecule has 0 aliphatic carbocycles. The molecule has 190 valence electrons. The summed E-state index contributed by atoms with van der Waals surface area (Å²) in [5, 5.41) is 1.39. The molecular formula is C22H29F3NO7P. The Bertz CT molecular complexity index is 964. The molecule has 0 fully saturated rings. The molecule has 2 rings (SSSR count). The fraction of sp³-hybridized carbons (Fsp3) is 0.500. The number of rotatable bonds is 11. The number of methoxy groups -OCH3 is 3. The van der Waals surface area contributed by atoms with Gasteiger partial charge in [0.15, 0.2) is 5.60 Å². The van der Waals surface area contributed by atoms with Crippen molar-refractivity contribution in [3.8, 4) is 0 Å². The third kappa shape index (κ3) is 5.55. The lowest BCUT2D eigenvalue weighted by Crippen LogP contribution is -2.45. The first-order chi connectivity index (χ1) is 16.1. The number of hydroxylamine groups is 2. The van der Waals surface area contributed by atoms with Crippen molar-refractivity contribution >= 4 is 14.4 Å². The molecule has 0 radical (unpaired) electrons. The van der Waals surface area contributed by atoms with Crippen LogP contribution in [-0.4, -0.2) is 58.8 Å². The summed E-state index contributed by atoms with van der Waals surface area (Å²) in [5.41, 5.74) is -2.50. The fourth-order valence-electron chi connectivity index (χ4n) is 3.80. The molecule has 0 saturated heterocycles. The summed E-state index contributed by atoms with van der Waals surface area (Å²) < 4.78 is 74.6. The molecule has 0 N–H and O–H groups in total. The molecule has 0 bridgehead atoms. The van der Waals surface area contributed by atoms with Crippen LogP contribution in [0.5, 0.6) is 0 Å². The van der Waals surface area contributed by atoms with Crippen molar-refractivity contribution in [3.63, 3.8) is 0 Å². The zero-order valence-corrected chi connectivity index (χ0v) is 20.8. The third-order valence-electron chi connectivity index (χ3n) is 5.31. The predicted molar refractivity (Wildman–Crippen MR) is 118 cm³/mol. The van der Waals surface area contributed by atoms with Gasteiger partial charge in [0, 0.05) is 19.5 Å². The van der Waals surface area contributed by atoms with Gasteiger partial charge in [0.05, 0.1) is 64.5 Å². The summed E-state index contributed by atoms with van der Waals surface area (Å²) in [5.74, 6) is -0.870. The standard InChI is InChI=1S/C22H29F3NO7P/c1-14-18(20(27)31-5)21(32-11-9-29-3,16-7-6-8-17(13-16)22(23,24)25)19(34-28)15(2)26(14)33-12-10-30-4/h6-8,13H,9-12,34H2,1-5H3. The maximum atomic E-state index is 13.6. The Labute approximate surface area is 197 Å². The number of carbonyl (C=O) groups is 1. The Morgan fingerprint density at radius 1 is 1.03 bits per heavy atom. The fourth-order valence-corrected chi connectivity index (χ4v) is 4.65. The molecule has 1 aromatic carbocycles. The molecule has 1 aliphatic rings. The smallest absolute Gasteiger partial charge is 0.416 e. The molecule has 1 aromatic rings. The number of benzene rings is 1. The maximum absolute atomic E-state index is 13.6. The van der Waals surface area contributed by atoms with E-state index in [1.807, 2.05) is 0 Å². The molecule has 34 heavy (non-hydrogen) atoms. The molecule has 0 aromatic heterocycles. The lowest BCUT2D eigenvalue weighted by atomic mass is 9.80. The summed E-state index contributed by atoms with van der Waals surface area (Å²) in [6, 6.07) is 4.39. The van der Waals surface area contributed by atoms with Crippen LogP contribution in [-0.2, 0) is 44.9 Å². The second kappa shape index (κ2) is 12.0. The molecule has 1 heterocycles. The van der Waals surface area contributed by atoms with Gasteiger partial charge in [-0.15, -0.1) is 0 Å². The molecule has 12 heteroatoms. The van der Waals surface area contributed by atoms with Crippen LogP contribution in [0.1, 0.15) is 25.0 Å². The van der Waals surface area contributed by atoms with Crippen molar-refractivity contribution in [2.75, 3.05) is 47.8 Å². The molecule has 0 spiro atoms. The van der Waals surface area contributed by atoms with Gasteiger partial charge in [0.1, 0.15) is 0 Å². The van der Waals surface area contributed by atoms with E-state index in [1.165, 1.54) is 31.4 Å². The number of carbonyl (C=O) groups excluding carboxylic acids is 1. The second-order valence-corrected chi connectivity index (χ2v) is 8.10. The van der Waals surface area contributed by atoms with E-state index in [2.05, 4.69) is 0 Å². The maximum Gasteiger partial charge on any atom is 0.416 e. The molecule has 1 aliphatic heterocycles. The number of hydrogen-bond acceptors (Lipinski definition) is 8. The van der Waals surface area contributed by atoms with Gasteiger partial charge in [-0.05, 0) is 31.5 Å². The second-order valence-electron chi connectivity index (χ2n) is 7.29. The van der Waals surface area contributed by atoms with Gasteiger partial charge in [-0.3, -0.25) is 4.84 Å². The first-order valence-electron chi connectivity index (χ1n) is 10.3. The lowest BCUT2D eigenvalue weighted by molar-refractivity contribution is -0.146. The highest BCUT2D eigenvalue weighted by molar-refractivity contribution is 7.29. The molecule has 0 amide bonds. The van der Waals surface area contributed by atoms with E-state index in [0.717, 1.165) is 19.2 Å². The van der Waals surface area contributed by atoms with Crippen LogP contribution in [0.2, 0.25) is 0 Å². The molecule has 2 unspecified atom stereocenters. The Balaban J connectivity index is 2.89. The van der Waals surface area contributed by atoms with E-state index in [9.17, 15) is 22.5 Å². The SMILES string of the molecule is COCCON1C(C)=C([PH2]=O)C(OCCOC)(c2cccc(C(F)(F)F)c2)C(C(=O)OC)=C1C. The van der Waals surface area contributed by atoms with E-state index in [4.69, 9.17) is 23.8 Å². The Morgan fingerprint density at radius 3 is 2.24 bits per heavy atom. The minimum absolute atomic E-state index is 0.0209. The summed E-state index contributed by atoms with van der Waals surface area (Å²) in [6.45, 7) is 3.42. The Kier molecular flexibility index (Phi) is 9.90. The number of esters is 1. The zero-order chi connectivity index (χ0) is 25.5. The summed E-state index contributed by atoms with van der Waals surface area (Å²) >= 11 is 0. The van der Waals surface area contributed by atoms with Crippen LogP contribution < -0.4 is 0 Å². The first kappa shape index (κ1) is 28.1. The van der Waals surface area contributed by atoms with Gasteiger partial charge in [0.2, 0.25) is 0 Å². The number of ether oxygens (including phenoxy) is 4. The number of allylic oxidation sites excluding steroid dienone is 2. The van der Waals surface area contributed by atoms with Crippen molar-refractivity contribution in [1.29, 1.82) is 0 Å². The average Bonchev–Trinajstić information content (AvgIpc) is 2.80. The lowest BCUT2D eigenvalue weighted by Gasteiger charge is -2.44. The van der Waals surface area contributed by atoms with Crippen LogP contribution in [0.3, 0.4) is 0 Å². The van der Waals surface area contributed by atoms with Gasteiger partial charge >= 0.3 is 12.1 Å². The summed E-state index contributed by atoms with van der Waals surface area (Å²) in [4.78, 5) is 18.8. The number of halogens is 3. The normalized spacial score (nSPS) is 19.5. The van der Waals surface area contributed by atoms with Crippen LogP contribution in [0.4, 0.5) is 13.2 Å². The van der Waals surface area contributed by atoms with Gasteiger partial charge < -0.3 is 23.5 Å². The number of hydrogen-bond donors (Lipinski definition) is 0. The number of nitrogens with zero attached hydrogens (tertiary/aromatic N) is 1. The predicted octanol–water partition coefficient (Wildman–Crippen LogP) is 3.89. The van der Waals surface area contributed by atoms with Crippen molar-refractivity contribution in [1.82, 2.24) is 5.06 Å². The Hall–Kier alpha value is -2.17. The average molecular weight is 507 g/mol. The highest BCUT2D eigenvalue weighted by Crippen LogP contribution is 2.52. The van der Waals surface area contributed by atoms with Crippen molar-refractivity contribution in [3.05, 3.63) is 57.7 Å². The highest BCUT2D eigenvalue weighted by Gasteiger charge is 2.52. The molecule has 0 saturated carbocycles. The van der Waals surface area contributed by atoms with E-state index in [-0.39, 0.29) is 48.6 Å². The van der Waals surface area contributed by atoms with E-state index in [0.29, 0.717) is 5.70 Å². The van der Waals surface area contributed by atoms with Gasteiger partial charge in [-0.1, -0.05) is 12.1 Å². The minimum Gasteiger partial charge on any atom is -0.466 e. The van der Waals surface area contributed by atoms with Gasteiger partial charge in [0.25, 0.3) is 0 Å². The summed E-state index contributed by atoms with van der Waals surface area (Å²) in [6.07, 6.45) is -4.65. The monoisotopic (exact) mass is 507 g/mol. The van der Waals surface area contributed by atoms with Crippen LogP contribution >= 0.6 is 8.46 Å². The van der Waals surface area contributed by atoms with Gasteiger partial charge in [-0.25, -0.2) is 9.86 Å². The summed E-state index contributed by atoms with van der Waals surface area (Å²) in [7, 11) is 2.27. The van der Waals surface area contributed by atoms with E-state index < -0.39 is 31.8 Å². The quantitative estimate of drug-likeness (QED) is 0.254. The highest BCUT2D eigenvalue weighted by atomic mass is 31.1. The zero-order valence-electron chi connectivity index (χ0n) is 19.7. The topological polar surface area (TPSA) is 83.5 Å². The number of alkyl halides is 3. The largest absolute Gasteiger partial charge is 0.466 e. The van der Waals surface area contributed by atoms with Crippen LogP contribution in [0.15, 0.2) is 46.5 Å². The first-order valence-corrected chi connectivity index (χ1v) is 11.3. The van der Waals surface area contributed by atoms with Crippen LogP contribution in [0.25, 0.3) is 0 Å². The Morgan fingerprint density at radius 2 is 1.68 bits per heavy atom. The minimum atomic E-state index is -4.65. The van der Waals surface area contributed by atoms with Gasteiger partial charge in [-0.2, -0.15) is 13.2 Å². The van der Waals surface area contributed by atoms with Crippen molar-refractivity contribution < 1.29 is 46.3 Å². The molecule has 8 nitrogen and oxygen atoms in total. The molecule has 2 atom stereocenters. The van der Waals surface area contributed by atoms with Crippen molar-refractivity contribution in [2.24, 2.45) is 0 Å². The third-order valence-corrected chi connectivity index (χ3v) is 6.37. The van der Waals surface area contributed by atoms with E-state index >= 15 is 0 Å². The van der Waals surface area contributed by atoms with E-state index in [1.54, 1.807) is 13.8 Å². The van der Waals surface area contributed by atoms with Crippen molar-refractivity contribution in [2.45, 2.75) is 25.6 Å².